The number of likely N-dealkylation sites (N-methyl/N-ethyl adjacent to an activating group) is 1. The van der Waals surface area contributed by atoms with Crippen LogP contribution in [0.2, 0.25) is 0 Å². The lowest BCUT2D eigenvalue weighted by Gasteiger charge is -2.26. The van der Waals surface area contributed by atoms with Gasteiger partial charge in [0.1, 0.15) is 10.9 Å². The average Bonchev–Trinajstić information content (AvgIpc) is 3.04. The third-order valence-electron chi connectivity index (χ3n) is 3.28. The summed E-state index contributed by atoms with van der Waals surface area (Å²) in [5.74, 6) is -3.02. The Hall–Kier alpha value is -1.15. The van der Waals surface area contributed by atoms with Gasteiger partial charge >= 0.3 is 0 Å². The largest absolute Gasteiger partial charge is 0.347 e. The van der Waals surface area contributed by atoms with Crippen LogP contribution >= 0.6 is 23.1 Å². The summed E-state index contributed by atoms with van der Waals surface area (Å²) in [4.78, 5) is 28.2. The van der Waals surface area contributed by atoms with Crippen molar-refractivity contribution in [1.82, 2.24) is 9.80 Å². The summed E-state index contributed by atoms with van der Waals surface area (Å²) in [6.45, 7) is 0.486. The smallest absolute Gasteiger partial charge is 0.288 e. The number of carbonyl (C=O) groups excluding carboxylic acids is 2. The van der Waals surface area contributed by atoms with Crippen molar-refractivity contribution in [2.24, 2.45) is 0 Å². The molecule has 1 atom stereocenters. The summed E-state index contributed by atoms with van der Waals surface area (Å²) in [5.41, 5.74) is 0. The van der Waals surface area contributed by atoms with E-state index in [4.69, 9.17) is 0 Å². The molecule has 0 N–H and O–H groups in total. The molecule has 0 aromatic carbocycles. The topological polar surface area (TPSA) is 40.6 Å². The minimum atomic E-state index is -2.57. The van der Waals surface area contributed by atoms with Crippen molar-refractivity contribution in [3.8, 4) is 0 Å². The molecular weight excluding hydrogens is 318 g/mol. The van der Waals surface area contributed by atoms with Crippen LogP contribution in [0.25, 0.3) is 0 Å². The molecule has 2 rings (SSSR count). The van der Waals surface area contributed by atoms with Gasteiger partial charge in [0.2, 0.25) is 5.91 Å². The van der Waals surface area contributed by atoms with Crippen LogP contribution in [0, 0.1) is 0 Å². The molecule has 1 aliphatic rings. The minimum Gasteiger partial charge on any atom is -0.347 e. The second kappa shape index (κ2) is 6.74. The summed E-state index contributed by atoms with van der Waals surface area (Å²) in [7, 11) is 3.29. The van der Waals surface area contributed by atoms with Crippen molar-refractivity contribution in [3.05, 3.63) is 16.3 Å². The van der Waals surface area contributed by atoms with E-state index in [1.807, 2.05) is 0 Å². The van der Waals surface area contributed by atoms with Crippen LogP contribution in [0.3, 0.4) is 0 Å². The third kappa shape index (κ3) is 3.55. The van der Waals surface area contributed by atoms with Crippen molar-refractivity contribution >= 4 is 34.9 Å². The molecule has 1 unspecified atom stereocenters. The van der Waals surface area contributed by atoms with Crippen LogP contribution in [-0.4, -0.2) is 54.1 Å². The zero-order chi connectivity index (χ0) is 15.6. The molecule has 0 spiro atoms. The first-order chi connectivity index (χ1) is 9.91. The predicted molar refractivity (Wildman–Crippen MR) is 78.9 cm³/mol. The van der Waals surface area contributed by atoms with Gasteiger partial charge in [0.25, 0.3) is 11.7 Å². The van der Waals surface area contributed by atoms with Gasteiger partial charge in [-0.05, 0) is 24.3 Å². The van der Waals surface area contributed by atoms with Crippen molar-refractivity contribution in [2.75, 3.05) is 20.6 Å². The number of hydrogen-bond donors (Lipinski definition) is 0. The highest BCUT2D eigenvalue weighted by Gasteiger charge is 2.36. The van der Waals surface area contributed by atoms with Gasteiger partial charge in [-0.3, -0.25) is 9.59 Å². The van der Waals surface area contributed by atoms with Gasteiger partial charge in [-0.25, -0.2) is 0 Å². The molecule has 0 saturated carbocycles. The Morgan fingerprint density at radius 3 is 2.81 bits per heavy atom. The summed E-state index contributed by atoms with van der Waals surface area (Å²) in [6, 6.07) is 1.03. The molecule has 8 heteroatoms. The molecule has 21 heavy (non-hydrogen) atoms. The quantitative estimate of drug-likeness (QED) is 0.795. The summed E-state index contributed by atoms with van der Waals surface area (Å²) in [5, 5.41) is 1.62. The molecule has 2 heterocycles. The van der Waals surface area contributed by atoms with Gasteiger partial charge in [0.15, 0.2) is 0 Å². The van der Waals surface area contributed by atoms with Crippen molar-refractivity contribution < 1.29 is 18.4 Å². The van der Waals surface area contributed by atoms with Crippen LogP contribution in [0.1, 0.15) is 22.5 Å². The lowest BCUT2D eigenvalue weighted by Crippen LogP contribution is -2.45. The van der Waals surface area contributed by atoms with Gasteiger partial charge in [-0.1, -0.05) is 11.8 Å². The maximum atomic E-state index is 12.6. The normalized spacial score (nSPS) is 18.3. The van der Waals surface area contributed by atoms with Crippen LogP contribution in [0.15, 0.2) is 16.3 Å². The minimum absolute atomic E-state index is 0.125. The number of likely N-dealkylation sites (tertiary alicyclic amines) is 1. The third-order valence-corrected chi connectivity index (χ3v) is 5.08. The van der Waals surface area contributed by atoms with E-state index in [1.165, 1.54) is 15.9 Å². The van der Waals surface area contributed by atoms with Crippen molar-refractivity contribution in [3.63, 3.8) is 0 Å². The maximum Gasteiger partial charge on any atom is 0.288 e. The Morgan fingerprint density at radius 1 is 1.48 bits per heavy atom. The number of nitrogens with zero attached hydrogens (tertiary/aromatic N) is 2. The fourth-order valence-corrected chi connectivity index (χ4v) is 3.99. The number of rotatable bonds is 4. The number of thioether (sulfide) groups is 1. The summed E-state index contributed by atoms with van der Waals surface area (Å²) in [6.07, 6.45) is 1.37. The molecule has 2 amide bonds. The molecule has 0 aliphatic carbocycles. The molecule has 4 nitrogen and oxygen atoms in total. The van der Waals surface area contributed by atoms with Crippen molar-refractivity contribution in [2.45, 2.75) is 29.5 Å². The highest BCUT2D eigenvalue weighted by atomic mass is 32.2. The number of carbonyl (C=O) groups is 2. The number of alkyl halides is 2. The molecule has 1 aromatic rings. The first-order valence-electron chi connectivity index (χ1n) is 6.46. The van der Waals surface area contributed by atoms with Crippen LogP contribution in [0.5, 0.6) is 0 Å². The van der Waals surface area contributed by atoms with Gasteiger partial charge in [-0.15, -0.1) is 11.3 Å². The molecule has 1 aromatic heterocycles. The second-order valence-corrected chi connectivity index (χ2v) is 6.83. The van der Waals surface area contributed by atoms with Crippen LogP contribution < -0.4 is 0 Å². The summed E-state index contributed by atoms with van der Waals surface area (Å²) >= 11 is 1.51. The SMILES string of the molecule is CN(C)C(=O)C1CCCN1C(=O)c1sccc1SC(F)F. The molecule has 0 radical (unpaired) electrons. The Balaban J connectivity index is 2.19. The molecular formula is C13H16F2N2O2S2. The van der Waals surface area contributed by atoms with E-state index in [-0.39, 0.29) is 16.7 Å². The van der Waals surface area contributed by atoms with Crippen LogP contribution in [-0.2, 0) is 4.79 Å². The Labute approximate surface area is 130 Å². The molecule has 1 saturated heterocycles. The second-order valence-electron chi connectivity index (χ2n) is 4.88. The van der Waals surface area contributed by atoms with E-state index >= 15 is 0 Å². The molecule has 0 bridgehead atoms. The monoisotopic (exact) mass is 334 g/mol. The molecule has 1 fully saturated rings. The fourth-order valence-electron chi connectivity index (χ4n) is 2.34. The van der Waals surface area contributed by atoms with Crippen molar-refractivity contribution in [1.29, 1.82) is 0 Å². The van der Waals surface area contributed by atoms with E-state index in [1.54, 1.807) is 19.5 Å². The van der Waals surface area contributed by atoms with E-state index in [0.29, 0.717) is 29.6 Å². The Bertz CT molecular complexity index is 534. The first-order valence-corrected chi connectivity index (χ1v) is 8.22. The standard InChI is InChI=1S/C13H16F2N2O2S2/c1-16(2)11(18)8-4-3-6-17(8)12(19)10-9(5-7-20-10)21-13(14)15/h5,7-8,13H,3-4,6H2,1-2H3. The molecule has 1 aliphatic heterocycles. The average molecular weight is 334 g/mol. The number of thiophene rings is 1. The van der Waals surface area contributed by atoms with Crippen LogP contribution in [0.4, 0.5) is 8.78 Å². The van der Waals surface area contributed by atoms with Gasteiger partial charge < -0.3 is 9.80 Å². The van der Waals surface area contributed by atoms with E-state index in [9.17, 15) is 18.4 Å². The number of amides is 2. The predicted octanol–water partition coefficient (Wildman–Crippen LogP) is 2.76. The zero-order valence-electron chi connectivity index (χ0n) is 11.7. The van der Waals surface area contributed by atoms with E-state index in [0.717, 1.165) is 17.8 Å². The van der Waals surface area contributed by atoms with Gasteiger partial charge in [0, 0.05) is 25.5 Å². The Morgan fingerprint density at radius 2 is 2.19 bits per heavy atom. The highest BCUT2D eigenvalue weighted by Crippen LogP contribution is 2.34. The number of halogens is 2. The van der Waals surface area contributed by atoms with Gasteiger partial charge in [-0.2, -0.15) is 8.78 Å². The first kappa shape index (κ1) is 16.2. The van der Waals surface area contributed by atoms with E-state index in [2.05, 4.69) is 0 Å². The Kier molecular flexibility index (Phi) is 5.21. The lowest BCUT2D eigenvalue weighted by atomic mass is 10.2. The van der Waals surface area contributed by atoms with Gasteiger partial charge in [0.05, 0.1) is 0 Å². The molecule has 116 valence electrons. The van der Waals surface area contributed by atoms with E-state index < -0.39 is 11.8 Å². The fraction of sp³-hybridized carbons (Fsp3) is 0.538. The zero-order valence-corrected chi connectivity index (χ0v) is 13.3. The number of hydrogen-bond acceptors (Lipinski definition) is 4. The highest BCUT2D eigenvalue weighted by molar-refractivity contribution is 7.99. The lowest BCUT2D eigenvalue weighted by molar-refractivity contribution is -0.132. The summed E-state index contributed by atoms with van der Waals surface area (Å²) < 4.78 is 25.0. The maximum absolute atomic E-state index is 12.6.